The van der Waals surface area contributed by atoms with Gasteiger partial charge in [-0.2, -0.15) is 0 Å². The number of β-amino-alcohol motifs (C(OH)–C–C–N with tert-alkyl or cyclic N) is 1. The van der Waals surface area contributed by atoms with E-state index in [0.29, 0.717) is 6.04 Å². The molecule has 2 N–H and O–H groups in total. The second kappa shape index (κ2) is 4.40. The second-order valence-electron chi connectivity index (χ2n) is 4.34. The Labute approximate surface area is 80.1 Å². The third-order valence-electron chi connectivity index (χ3n) is 3.17. The van der Waals surface area contributed by atoms with E-state index in [0.717, 1.165) is 19.4 Å². The van der Waals surface area contributed by atoms with Crippen LogP contribution in [-0.4, -0.2) is 48.3 Å². The molecule has 3 heteroatoms. The van der Waals surface area contributed by atoms with Gasteiger partial charge in [0.05, 0.1) is 6.10 Å². The molecule has 2 unspecified atom stereocenters. The third kappa shape index (κ3) is 2.66. The second-order valence-corrected chi connectivity index (χ2v) is 4.34. The average Bonchev–Trinajstić information content (AvgIpc) is 2.62. The number of aliphatic hydroxyl groups excluding tert-OH is 1. The van der Waals surface area contributed by atoms with Crippen molar-refractivity contribution in [1.29, 1.82) is 0 Å². The maximum Gasteiger partial charge on any atom is 0.0665 e. The van der Waals surface area contributed by atoms with Gasteiger partial charge in [0.2, 0.25) is 0 Å². The van der Waals surface area contributed by atoms with Crippen LogP contribution in [0.3, 0.4) is 0 Å². The molecule has 0 aromatic rings. The summed E-state index contributed by atoms with van der Waals surface area (Å²) in [4.78, 5) is 2.54. The Bertz CT molecular complexity index is 149. The average molecular weight is 184 g/mol. The van der Waals surface area contributed by atoms with Gasteiger partial charge in [-0.25, -0.2) is 0 Å². The highest BCUT2D eigenvalue weighted by molar-refractivity contribution is 4.81. The summed E-state index contributed by atoms with van der Waals surface area (Å²) in [6.45, 7) is 4.53. The van der Waals surface area contributed by atoms with E-state index in [2.05, 4.69) is 10.2 Å². The Morgan fingerprint density at radius 2 is 2.00 bits per heavy atom. The fourth-order valence-corrected chi connectivity index (χ4v) is 2.33. The summed E-state index contributed by atoms with van der Waals surface area (Å²) in [7, 11) is 0. The first kappa shape index (κ1) is 9.44. The number of nitrogens with one attached hydrogen (secondary N) is 1. The first-order chi connectivity index (χ1) is 6.34. The van der Waals surface area contributed by atoms with Crippen LogP contribution < -0.4 is 5.32 Å². The Balaban J connectivity index is 1.69. The summed E-state index contributed by atoms with van der Waals surface area (Å²) in [6.07, 6.45) is 4.75. The molecule has 2 saturated heterocycles. The Kier molecular flexibility index (Phi) is 3.19. The minimum absolute atomic E-state index is 0.102. The van der Waals surface area contributed by atoms with Crippen molar-refractivity contribution in [2.45, 2.75) is 37.8 Å². The fourth-order valence-electron chi connectivity index (χ4n) is 2.33. The number of aliphatic hydroxyl groups is 1. The molecule has 2 atom stereocenters. The lowest BCUT2D eigenvalue weighted by Crippen LogP contribution is -2.47. The molecule has 2 heterocycles. The van der Waals surface area contributed by atoms with Crippen LogP contribution in [0.2, 0.25) is 0 Å². The van der Waals surface area contributed by atoms with Gasteiger partial charge in [0.25, 0.3) is 0 Å². The van der Waals surface area contributed by atoms with Gasteiger partial charge in [-0.05, 0) is 38.8 Å². The number of nitrogens with zero attached hydrogens (tertiary/aromatic N) is 1. The van der Waals surface area contributed by atoms with Crippen molar-refractivity contribution in [1.82, 2.24) is 10.2 Å². The number of piperidine rings is 1. The van der Waals surface area contributed by atoms with Crippen molar-refractivity contribution < 1.29 is 5.11 Å². The third-order valence-corrected chi connectivity index (χ3v) is 3.17. The highest BCUT2D eigenvalue weighted by atomic mass is 16.3. The molecule has 0 bridgehead atoms. The van der Waals surface area contributed by atoms with Crippen LogP contribution >= 0.6 is 0 Å². The SMILES string of the molecule is OC1CCC(CN2CCCC2)NC1. The lowest BCUT2D eigenvalue weighted by Gasteiger charge is -2.30. The molecule has 2 rings (SSSR count). The quantitative estimate of drug-likeness (QED) is 0.643. The van der Waals surface area contributed by atoms with E-state index in [-0.39, 0.29) is 6.10 Å². The normalized spacial score (nSPS) is 36.7. The Morgan fingerprint density at radius 3 is 2.62 bits per heavy atom. The van der Waals surface area contributed by atoms with Gasteiger partial charge in [0, 0.05) is 19.1 Å². The maximum absolute atomic E-state index is 9.31. The van der Waals surface area contributed by atoms with E-state index in [1.807, 2.05) is 0 Å². The number of rotatable bonds is 2. The summed E-state index contributed by atoms with van der Waals surface area (Å²) >= 11 is 0. The van der Waals surface area contributed by atoms with Gasteiger partial charge < -0.3 is 15.3 Å². The minimum atomic E-state index is -0.102. The van der Waals surface area contributed by atoms with E-state index in [9.17, 15) is 5.11 Å². The van der Waals surface area contributed by atoms with Crippen LogP contribution in [0, 0.1) is 0 Å². The zero-order chi connectivity index (χ0) is 9.10. The minimum Gasteiger partial charge on any atom is -0.392 e. The molecule has 0 aromatic heterocycles. The van der Waals surface area contributed by atoms with Crippen LogP contribution in [0.25, 0.3) is 0 Å². The fraction of sp³-hybridized carbons (Fsp3) is 1.00. The Morgan fingerprint density at radius 1 is 1.23 bits per heavy atom. The summed E-state index contributed by atoms with van der Waals surface area (Å²) < 4.78 is 0. The molecule has 2 aliphatic heterocycles. The number of hydrogen-bond donors (Lipinski definition) is 2. The molecule has 0 spiro atoms. The van der Waals surface area contributed by atoms with E-state index in [4.69, 9.17) is 0 Å². The van der Waals surface area contributed by atoms with Crippen LogP contribution in [0.1, 0.15) is 25.7 Å². The zero-order valence-corrected chi connectivity index (χ0v) is 8.21. The molecule has 76 valence electrons. The topological polar surface area (TPSA) is 35.5 Å². The van der Waals surface area contributed by atoms with Gasteiger partial charge in [-0.1, -0.05) is 0 Å². The highest BCUT2D eigenvalue weighted by Crippen LogP contribution is 2.13. The maximum atomic E-state index is 9.31. The molecule has 3 nitrogen and oxygen atoms in total. The van der Waals surface area contributed by atoms with Gasteiger partial charge in [0.15, 0.2) is 0 Å². The van der Waals surface area contributed by atoms with Gasteiger partial charge >= 0.3 is 0 Å². The predicted molar refractivity (Wildman–Crippen MR) is 52.7 cm³/mol. The molecule has 0 radical (unpaired) electrons. The molecular weight excluding hydrogens is 164 g/mol. The lowest BCUT2D eigenvalue weighted by atomic mass is 10.0. The summed E-state index contributed by atoms with van der Waals surface area (Å²) in [5, 5.41) is 12.7. The van der Waals surface area contributed by atoms with Crippen molar-refractivity contribution in [3.63, 3.8) is 0 Å². The molecular formula is C10H20N2O. The van der Waals surface area contributed by atoms with Crippen molar-refractivity contribution >= 4 is 0 Å². The summed E-state index contributed by atoms with van der Waals surface area (Å²) in [5.41, 5.74) is 0. The molecule has 13 heavy (non-hydrogen) atoms. The van der Waals surface area contributed by atoms with E-state index in [1.54, 1.807) is 0 Å². The van der Waals surface area contributed by atoms with Crippen molar-refractivity contribution in [3.05, 3.63) is 0 Å². The largest absolute Gasteiger partial charge is 0.392 e. The smallest absolute Gasteiger partial charge is 0.0665 e. The van der Waals surface area contributed by atoms with Crippen LogP contribution in [0.15, 0.2) is 0 Å². The van der Waals surface area contributed by atoms with Crippen molar-refractivity contribution in [3.8, 4) is 0 Å². The summed E-state index contributed by atoms with van der Waals surface area (Å²) in [5.74, 6) is 0. The van der Waals surface area contributed by atoms with Crippen LogP contribution in [-0.2, 0) is 0 Å². The van der Waals surface area contributed by atoms with E-state index < -0.39 is 0 Å². The first-order valence-corrected chi connectivity index (χ1v) is 5.48. The molecule has 0 aromatic carbocycles. The van der Waals surface area contributed by atoms with Crippen molar-refractivity contribution in [2.24, 2.45) is 0 Å². The van der Waals surface area contributed by atoms with Crippen LogP contribution in [0.4, 0.5) is 0 Å². The van der Waals surface area contributed by atoms with Gasteiger partial charge in [-0.15, -0.1) is 0 Å². The van der Waals surface area contributed by atoms with Gasteiger partial charge in [0.1, 0.15) is 0 Å². The lowest BCUT2D eigenvalue weighted by molar-refractivity contribution is 0.117. The first-order valence-electron chi connectivity index (χ1n) is 5.48. The zero-order valence-electron chi connectivity index (χ0n) is 8.21. The molecule has 0 saturated carbocycles. The van der Waals surface area contributed by atoms with E-state index in [1.165, 1.54) is 32.5 Å². The standard InChI is InChI=1S/C10H20N2O/c13-10-4-3-9(11-7-10)8-12-5-1-2-6-12/h9-11,13H,1-8H2. The summed E-state index contributed by atoms with van der Waals surface area (Å²) in [6, 6.07) is 0.626. The molecule has 2 fully saturated rings. The van der Waals surface area contributed by atoms with Gasteiger partial charge in [-0.3, -0.25) is 0 Å². The van der Waals surface area contributed by atoms with Crippen LogP contribution in [0.5, 0.6) is 0 Å². The molecule has 2 aliphatic rings. The predicted octanol–water partition coefficient (Wildman–Crippen LogP) is 0.195. The molecule has 0 amide bonds. The highest BCUT2D eigenvalue weighted by Gasteiger charge is 2.21. The number of likely N-dealkylation sites (tertiary alicyclic amines) is 1. The number of hydrogen-bond acceptors (Lipinski definition) is 3. The Hall–Kier alpha value is -0.120. The van der Waals surface area contributed by atoms with Crippen molar-refractivity contribution in [2.75, 3.05) is 26.2 Å². The van der Waals surface area contributed by atoms with E-state index >= 15 is 0 Å². The monoisotopic (exact) mass is 184 g/mol. The molecule has 0 aliphatic carbocycles.